The van der Waals surface area contributed by atoms with Gasteiger partial charge in [0.15, 0.2) is 5.13 Å². The van der Waals surface area contributed by atoms with Crippen molar-refractivity contribution in [3.63, 3.8) is 0 Å². The number of nitrogen functional groups attached to an aromatic ring is 1. The minimum atomic E-state index is -0.0893. The summed E-state index contributed by atoms with van der Waals surface area (Å²) in [4.78, 5) is 4.25. The predicted octanol–water partition coefficient (Wildman–Crippen LogP) is 4.55. The molecule has 0 aliphatic rings. The monoisotopic (exact) mass is 290 g/mol. The Kier molecular flexibility index (Phi) is 4.33. The molecule has 2 rings (SSSR count). The summed E-state index contributed by atoms with van der Waals surface area (Å²) in [5.74, 6) is 0.861. The van der Waals surface area contributed by atoms with Crippen LogP contribution in [0.4, 0.5) is 5.13 Å². The second-order valence-corrected chi connectivity index (χ2v) is 6.52. The van der Waals surface area contributed by atoms with Gasteiger partial charge in [-0.15, -0.1) is 11.3 Å². The lowest BCUT2D eigenvalue weighted by atomic mass is 9.82. The standard InChI is InChI=1S/C16H22N2OS/c1-5-16(3,4)12-6-8-13(9-7-12)19-11(2)14-10-20-15(17)18-14/h6-11H,5H2,1-4H3,(H2,17,18). The molecule has 2 aromatic rings. The number of anilines is 1. The first-order valence-corrected chi connectivity index (χ1v) is 7.78. The van der Waals surface area contributed by atoms with Crippen LogP contribution in [0, 0.1) is 0 Å². The third-order valence-corrected chi connectivity index (χ3v) is 4.48. The minimum Gasteiger partial charge on any atom is -0.484 e. The fraction of sp³-hybridized carbons (Fsp3) is 0.438. The molecule has 1 aromatic carbocycles. The Morgan fingerprint density at radius 1 is 1.30 bits per heavy atom. The lowest BCUT2D eigenvalue weighted by molar-refractivity contribution is 0.222. The van der Waals surface area contributed by atoms with Crippen LogP contribution in [0.25, 0.3) is 0 Å². The molecule has 4 heteroatoms. The maximum absolute atomic E-state index is 5.90. The largest absolute Gasteiger partial charge is 0.484 e. The van der Waals surface area contributed by atoms with E-state index in [1.54, 1.807) is 0 Å². The van der Waals surface area contributed by atoms with E-state index in [1.807, 2.05) is 24.4 Å². The summed E-state index contributed by atoms with van der Waals surface area (Å²) in [6, 6.07) is 8.33. The third kappa shape index (κ3) is 3.31. The summed E-state index contributed by atoms with van der Waals surface area (Å²) >= 11 is 1.44. The van der Waals surface area contributed by atoms with Gasteiger partial charge in [-0.05, 0) is 36.5 Å². The van der Waals surface area contributed by atoms with Crippen LogP contribution in [0.5, 0.6) is 5.75 Å². The Morgan fingerprint density at radius 3 is 2.45 bits per heavy atom. The number of thiazole rings is 1. The fourth-order valence-electron chi connectivity index (χ4n) is 1.94. The summed E-state index contributed by atoms with van der Waals surface area (Å²) in [5.41, 5.74) is 8.06. The average Bonchev–Trinajstić information content (AvgIpc) is 2.86. The molecule has 0 aliphatic carbocycles. The third-order valence-electron chi connectivity index (χ3n) is 3.79. The Morgan fingerprint density at radius 2 is 1.95 bits per heavy atom. The Balaban J connectivity index is 2.07. The number of ether oxygens (including phenoxy) is 1. The number of nitrogens with two attached hydrogens (primary N) is 1. The first kappa shape index (κ1) is 14.9. The van der Waals surface area contributed by atoms with Crippen molar-refractivity contribution in [2.24, 2.45) is 0 Å². The van der Waals surface area contributed by atoms with E-state index >= 15 is 0 Å². The summed E-state index contributed by atoms with van der Waals surface area (Å²) in [6.45, 7) is 8.70. The zero-order valence-electron chi connectivity index (χ0n) is 12.5. The van der Waals surface area contributed by atoms with E-state index in [0.29, 0.717) is 5.13 Å². The molecule has 1 unspecified atom stereocenters. The number of hydrogen-bond acceptors (Lipinski definition) is 4. The van der Waals surface area contributed by atoms with Crippen LogP contribution in [0.1, 0.15) is 51.5 Å². The molecule has 0 aliphatic heterocycles. The zero-order valence-corrected chi connectivity index (χ0v) is 13.3. The van der Waals surface area contributed by atoms with E-state index in [2.05, 4.69) is 37.9 Å². The lowest BCUT2D eigenvalue weighted by Gasteiger charge is -2.23. The van der Waals surface area contributed by atoms with Gasteiger partial charge < -0.3 is 10.5 Å². The molecule has 0 bridgehead atoms. The molecular formula is C16H22N2OS. The van der Waals surface area contributed by atoms with Crippen LogP contribution in [0.3, 0.4) is 0 Å². The zero-order chi connectivity index (χ0) is 14.8. The lowest BCUT2D eigenvalue weighted by Crippen LogP contribution is -2.15. The number of aromatic nitrogens is 1. The van der Waals surface area contributed by atoms with Crippen molar-refractivity contribution >= 4 is 16.5 Å². The van der Waals surface area contributed by atoms with Gasteiger partial charge >= 0.3 is 0 Å². The van der Waals surface area contributed by atoms with Crippen molar-refractivity contribution in [2.45, 2.75) is 45.6 Å². The SMILES string of the molecule is CCC(C)(C)c1ccc(OC(C)c2csc(N)n2)cc1. The molecule has 0 saturated heterocycles. The quantitative estimate of drug-likeness (QED) is 0.878. The summed E-state index contributed by atoms with van der Waals surface area (Å²) in [6.07, 6.45) is 1.02. The average molecular weight is 290 g/mol. The Hall–Kier alpha value is -1.55. The second-order valence-electron chi connectivity index (χ2n) is 5.63. The molecule has 1 aromatic heterocycles. The van der Waals surface area contributed by atoms with E-state index in [1.165, 1.54) is 16.9 Å². The minimum absolute atomic E-state index is 0.0893. The van der Waals surface area contributed by atoms with Crippen molar-refractivity contribution in [3.8, 4) is 5.75 Å². The normalized spacial score (nSPS) is 13.2. The maximum atomic E-state index is 5.90. The van der Waals surface area contributed by atoms with Crippen LogP contribution >= 0.6 is 11.3 Å². The number of nitrogens with zero attached hydrogens (tertiary/aromatic N) is 1. The van der Waals surface area contributed by atoms with Gasteiger partial charge in [-0.3, -0.25) is 0 Å². The van der Waals surface area contributed by atoms with E-state index in [4.69, 9.17) is 10.5 Å². The van der Waals surface area contributed by atoms with E-state index < -0.39 is 0 Å². The molecule has 1 heterocycles. The molecule has 20 heavy (non-hydrogen) atoms. The fourth-order valence-corrected chi connectivity index (χ4v) is 2.58. The summed E-state index contributed by atoms with van der Waals surface area (Å²) < 4.78 is 5.90. The molecule has 3 nitrogen and oxygen atoms in total. The molecule has 108 valence electrons. The van der Waals surface area contributed by atoms with Gasteiger partial charge in [-0.1, -0.05) is 32.9 Å². The maximum Gasteiger partial charge on any atom is 0.180 e. The summed E-state index contributed by atoms with van der Waals surface area (Å²) in [5, 5.41) is 2.52. The first-order chi connectivity index (χ1) is 9.42. The van der Waals surface area contributed by atoms with Crippen molar-refractivity contribution in [2.75, 3.05) is 5.73 Å². The van der Waals surface area contributed by atoms with E-state index in [9.17, 15) is 0 Å². The molecule has 0 fully saturated rings. The number of rotatable bonds is 5. The van der Waals surface area contributed by atoms with E-state index in [0.717, 1.165) is 17.9 Å². The molecule has 0 saturated carbocycles. The van der Waals surface area contributed by atoms with Crippen molar-refractivity contribution in [1.82, 2.24) is 4.98 Å². The van der Waals surface area contributed by atoms with Crippen LogP contribution in [0.15, 0.2) is 29.6 Å². The summed E-state index contributed by atoms with van der Waals surface area (Å²) in [7, 11) is 0. The predicted molar refractivity (Wildman–Crippen MR) is 85.3 cm³/mol. The van der Waals surface area contributed by atoms with Gasteiger partial charge in [0.2, 0.25) is 0 Å². The van der Waals surface area contributed by atoms with Gasteiger partial charge in [0.05, 0.1) is 5.69 Å². The molecule has 0 spiro atoms. The van der Waals surface area contributed by atoms with Crippen LogP contribution in [-0.2, 0) is 5.41 Å². The van der Waals surface area contributed by atoms with Gasteiger partial charge in [0.25, 0.3) is 0 Å². The highest BCUT2D eigenvalue weighted by Gasteiger charge is 2.18. The number of hydrogen-bond donors (Lipinski definition) is 1. The highest BCUT2D eigenvalue weighted by atomic mass is 32.1. The highest BCUT2D eigenvalue weighted by Crippen LogP contribution is 2.29. The van der Waals surface area contributed by atoms with Crippen molar-refractivity contribution in [3.05, 3.63) is 40.9 Å². The molecule has 0 amide bonds. The van der Waals surface area contributed by atoms with Crippen LogP contribution in [-0.4, -0.2) is 4.98 Å². The Labute approximate surface area is 124 Å². The molecular weight excluding hydrogens is 268 g/mol. The molecule has 1 atom stereocenters. The van der Waals surface area contributed by atoms with Crippen molar-refractivity contribution < 1.29 is 4.74 Å². The topological polar surface area (TPSA) is 48.1 Å². The van der Waals surface area contributed by atoms with Gasteiger partial charge in [0.1, 0.15) is 11.9 Å². The molecule has 2 N–H and O–H groups in total. The van der Waals surface area contributed by atoms with E-state index in [-0.39, 0.29) is 11.5 Å². The van der Waals surface area contributed by atoms with Crippen LogP contribution in [0.2, 0.25) is 0 Å². The van der Waals surface area contributed by atoms with Gasteiger partial charge in [-0.2, -0.15) is 0 Å². The second kappa shape index (κ2) is 5.83. The smallest absolute Gasteiger partial charge is 0.180 e. The molecule has 0 radical (unpaired) electrons. The van der Waals surface area contributed by atoms with Gasteiger partial charge in [-0.25, -0.2) is 4.98 Å². The highest BCUT2D eigenvalue weighted by molar-refractivity contribution is 7.13. The number of benzene rings is 1. The Bertz CT molecular complexity index is 560. The first-order valence-electron chi connectivity index (χ1n) is 6.90. The van der Waals surface area contributed by atoms with Crippen molar-refractivity contribution in [1.29, 1.82) is 0 Å². The van der Waals surface area contributed by atoms with Crippen LogP contribution < -0.4 is 10.5 Å². The van der Waals surface area contributed by atoms with Gasteiger partial charge in [0, 0.05) is 5.38 Å².